The number of hydrogen-bond donors (Lipinski definition) is 3. The normalized spacial score (nSPS) is 23.8. The van der Waals surface area contributed by atoms with Crippen molar-refractivity contribution in [2.75, 3.05) is 0 Å². The molecule has 1 aromatic carbocycles. The molecule has 0 unspecified atom stereocenters. The summed E-state index contributed by atoms with van der Waals surface area (Å²) >= 11 is 0. The van der Waals surface area contributed by atoms with E-state index in [9.17, 15) is 18.0 Å². The van der Waals surface area contributed by atoms with E-state index in [0.717, 1.165) is 12.8 Å². The van der Waals surface area contributed by atoms with Crippen LogP contribution in [-0.2, 0) is 14.8 Å². The van der Waals surface area contributed by atoms with E-state index < -0.39 is 21.9 Å². The average molecular weight is 352 g/mol. The number of carboxylic acids is 1. The lowest BCUT2D eigenvalue weighted by Gasteiger charge is -2.13. The van der Waals surface area contributed by atoms with Gasteiger partial charge >= 0.3 is 5.97 Å². The molecule has 2 saturated carbocycles. The SMILES string of the molecule is O=C(N[C@H]1CC[C@@H](C(=O)O)C1)c1ccc(S(=O)(=O)NC2CC2)cc1. The fraction of sp³-hybridized carbons (Fsp3) is 0.500. The highest BCUT2D eigenvalue weighted by Gasteiger charge is 2.31. The molecule has 0 radical (unpaired) electrons. The predicted molar refractivity (Wildman–Crippen MR) is 86.0 cm³/mol. The van der Waals surface area contributed by atoms with E-state index in [0.29, 0.717) is 24.8 Å². The van der Waals surface area contributed by atoms with Crippen LogP contribution in [0.2, 0.25) is 0 Å². The van der Waals surface area contributed by atoms with Gasteiger partial charge in [0, 0.05) is 17.6 Å². The van der Waals surface area contributed by atoms with Crippen LogP contribution in [0.3, 0.4) is 0 Å². The molecule has 8 heteroatoms. The summed E-state index contributed by atoms with van der Waals surface area (Å²) in [6, 6.07) is 5.64. The Balaban J connectivity index is 1.61. The van der Waals surface area contributed by atoms with Crippen molar-refractivity contribution in [1.82, 2.24) is 10.0 Å². The molecule has 2 aliphatic carbocycles. The summed E-state index contributed by atoms with van der Waals surface area (Å²) in [7, 11) is -3.53. The maximum atomic E-state index is 12.2. The van der Waals surface area contributed by atoms with E-state index in [2.05, 4.69) is 10.0 Å². The molecular weight excluding hydrogens is 332 g/mol. The Morgan fingerprint density at radius 1 is 1.00 bits per heavy atom. The molecule has 2 aliphatic rings. The summed E-state index contributed by atoms with van der Waals surface area (Å²) in [5.74, 6) is -1.55. The maximum absolute atomic E-state index is 12.2. The molecule has 3 rings (SSSR count). The second-order valence-electron chi connectivity index (χ2n) is 6.44. The van der Waals surface area contributed by atoms with Crippen molar-refractivity contribution in [3.8, 4) is 0 Å². The van der Waals surface area contributed by atoms with Gasteiger partial charge in [-0.25, -0.2) is 13.1 Å². The number of hydrogen-bond acceptors (Lipinski definition) is 4. The van der Waals surface area contributed by atoms with E-state index in [1.807, 2.05) is 0 Å². The number of rotatable bonds is 6. The smallest absolute Gasteiger partial charge is 0.306 e. The van der Waals surface area contributed by atoms with Crippen molar-refractivity contribution < 1.29 is 23.1 Å². The fourth-order valence-electron chi connectivity index (χ4n) is 2.88. The number of sulfonamides is 1. The quantitative estimate of drug-likeness (QED) is 0.710. The van der Waals surface area contributed by atoms with Gasteiger partial charge in [-0.15, -0.1) is 0 Å². The van der Waals surface area contributed by atoms with Gasteiger partial charge in [-0.05, 0) is 56.4 Å². The largest absolute Gasteiger partial charge is 0.481 e. The van der Waals surface area contributed by atoms with Gasteiger partial charge in [-0.2, -0.15) is 0 Å². The van der Waals surface area contributed by atoms with Crippen LogP contribution in [0.4, 0.5) is 0 Å². The number of benzene rings is 1. The van der Waals surface area contributed by atoms with Gasteiger partial charge in [-0.3, -0.25) is 9.59 Å². The van der Waals surface area contributed by atoms with Crippen LogP contribution in [0.5, 0.6) is 0 Å². The predicted octanol–water partition coefficient (Wildman–Crippen LogP) is 1.11. The van der Waals surface area contributed by atoms with Gasteiger partial charge < -0.3 is 10.4 Å². The second kappa shape index (κ2) is 6.52. The third kappa shape index (κ3) is 3.93. The zero-order valence-electron chi connectivity index (χ0n) is 13.1. The summed E-state index contributed by atoms with van der Waals surface area (Å²) in [6.45, 7) is 0. The number of aliphatic carboxylic acids is 1. The minimum absolute atomic E-state index is 0.0301. The highest BCUT2D eigenvalue weighted by atomic mass is 32.2. The molecule has 0 spiro atoms. The maximum Gasteiger partial charge on any atom is 0.306 e. The minimum atomic E-state index is -3.53. The highest BCUT2D eigenvalue weighted by Crippen LogP contribution is 2.26. The van der Waals surface area contributed by atoms with Gasteiger partial charge in [0.05, 0.1) is 10.8 Å². The molecule has 0 aliphatic heterocycles. The average Bonchev–Trinajstić information content (AvgIpc) is 3.21. The Morgan fingerprint density at radius 2 is 1.62 bits per heavy atom. The first-order valence-corrected chi connectivity index (χ1v) is 9.49. The molecule has 0 bridgehead atoms. The van der Waals surface area contributed by atoms with E-state index in [4.69, 9.17) is 5.11 Å². The fourth-order valence-corrected chi connectivity index (χ4v) is 4.18. The molecule has 3 N–H and O–H groups in total. The standard InChI is InChI=1S/C16H20N2O5S/c19-15(17-13-4-1-11(9-13)16(20)21)10-2-7-14(8-3-10)24(22,23)18-12-5-6-12/h2-3,7-8,11-13,18H,1,4-6,9H2,(H,17,19)(H,20,21)/t11-,13+/m1/s1. The molecule has 7 nitrogen and oxygen atoms in total. The molecule has 0 saturated heterocycles. The Kier molecular flexibility index (Phi) is 4.60. The van der Waals surface area contributed by atoms with Crippen molar-refractivity contribution in [3.05, 3.63) is 29.8 Å². The van der Waals surface area contributed by atoms with Crippen LogP contribution >= 0.6 is 0 Å². The van der Waals surface area contributed by atoms with E-state index in [1.165, 1.54) is 24.3 Å². The van der Waals surface area contributed by atoms with Crippen LogP contribution < -0.4 is 10.0 Å². The molecule has 1 aromatic rings. The number of carbonyl (C=O) groups is 2. The lowest BCUT2D eigenvalue weighted by atomic mass is 10.1. The molecule has 130 valence electrons. The highest BCUT2D eigenvalue weighted by molar-refractivity contribution is 7.89. The van der Waals surface area contributed by atoms with Gasteiger partial charge in [0.1, 0.15) is 0 Å². The van der Waals surface area contributed by atoms with Crippen molar-refractivity contribution in [3.63, 3.8) is 0 Å². The Labute approximate surface area is 140 Å². The van der Waals surface area contributed by atoms with Gasteiger partial charge in [0.25, 0.3) is 5.91 Å². The zero-order chi connectivity index (χ0) is 17.3. The summed E-state index contributed by atoms with van der Waals surface area (Å²) < 4.78 is 26.7. The van der Waals surface area contributed by atoms with Crippen molar-refractivity contribution in [1.29, 1.82) is 0 Å². The van der Waals surface area contributed by atoms with Crippen molar-refractivity contribution >= 4 is 21.9 Å². The van der Waals surface area contributed by atoms with Crippen LogP contribution in [-0.4, -0.2) is 37.5 Å². The number of amides is 1. The zero-order valence-corrected chi connectivity index (χ0v) is 13.9. The van der Waals surface area contributed by atoms with Crippen LogP contribution in [0.25, 0.3) is 0 Å². The summed E-state index contributed by atoms with van der Waals surface area (Å²) in [4.78, 5) is 23.3. The Morgan fingerprint density at radius 3 is 2.17 bits per heavy atom. The van der Waals surface area contributed by atoms with Crippen LogP contribution in [0.15, 0.2) is 29.2 Å². The third-order valence-corrected chi connectivity index (χ3v) is 5.98. The first-order valence-electron chi connectivity index (χ1n) is 8.01. The number of nitrogens with one attached hydrogen (secondary N) is 2. The topological polar surface area (TPSA) is 113 Å². The van der Waals surface area contributed by atoms with E-state index in [1.54, 1.807) is 0 Å². The Hall–Kier alpha value is -1.93. The summed E-state index contributed by atoms with van der Waals surface area (Å²) in [5.41, 5.74) is 0.360. The Bertz CT molecular complexity index is 740. The third-order valence-electron chi connectivity index (χ3n) is 4.44. The summed E-state index contributed by atoms with van der Waals surface area (Å²) in [6.07, 6.45) is 3.35. The molecule has 1 amide bonds. The number of carboxylic acid groups (broad SMARTS) is 1. The molecule has 2 fully saturated rings. The molecule has 0 aromatic heterocycles. The molecule has 24 heavy (non-hydrogen) atoms. The van der Waals surface area contributed by atoms with Crippen molar-refractivity contribution in [2.45, 2.75) is 49.1 Å². The molecule has 2 atom stereocenters. The first kappa shape index (κ1) is 16.9. The van der Waals surface area contributed by atoms with Gasteiger partial charge in [0.15, 0.2) is 0 Å². The lowest BCUT2D eigenvalue weighted by Crippen LogP contribution is -2.33. The monoisotopic (exact) mass is 352 g/mol. The second-order valence-corrected chi connectivity index (χ2v) is 8.15. The molecular formula is C16H20N2O5S. The van der Waals surface area contributed by atoms with Crippen LogP contribution in [0.1, 0.15) is 42.5 Å². The van der Waals surface area contributed by atoms with E-state index >= 15 is 0 Å². The lowest BCUT2D eigenvalue weighted by molar-refractivity contribution is -0.141. The molecule has 0 heterocycles. The van der Waals surface area contributed by atoms with Crippen molar-refractivity contribution in [2.24, 2.45) is 5.92 Å². The minimum Gasteiger partial charge on any atom is -0.481 e. The van der Waals surface area contributed by atoms with Gasteiger partial charge in [0.2, 0.25) is 10.0 Å². The van der Waals surface area contributed by atoms with Gasteiger partial charge in [-0.1, -0.05) is 0 Å². The van der Waals surface area contributed by atoms with E-state index in [-0.39, 0.29) is 22.9 Å². The van der Waals surface area contributed by atoms with Crippen LogP contribution in [0, 0.1) is 5.92 Å². The number of carbonyl (C=O) groups excluding carboxylic acids is 1. The first-order chi connectivity index (χ1) is 11.3. The summed E-state index contributed by atoms with van der Waals surface area (Å²) in [5, 5.41) is 11.8.